The van der Waals surface area contributed by atoms with E-state index in [0.29, 0.717) is 17.3 Å². The Balaban J connectivity index is 1.67. The number of aromatic nitrogens is 4. The summed E-state index contributed by atoms with van der Waals surface area (Å²) in [6.07, 6.45) is 0. The highest BCUT2D eigenvalue weighted by molar-refractivity contribution is 5.95. The van der Waals surface area contributed by atoms with Crippen molar-refractivity contribution in [2.75, 3.05) is 12.4 Å². The predicted octanol–water partition coefficient (Wildman–Crippen LogP) is 3.89. The first-order valence-corrected chi connectivity index (χ1v) is 9.50. The molecule has 3 aromatic carbocycles. The first-order valence-electron chi connectivity index (χ1n) is 9.50. The Labute approximate surface area is 174 Å². The van der Waals surface area contributed by atoms with Gasteiger partial charge in [0.2, 0.25) is 5.82 Å². The van der Waals surface area contributed by atoms with Gasteiger partial charge in [0, 0.05) is 11.3 Å². The van der Waals surface area contributed by atoms with Gasteiger partial charge in [0.25, 0.3) is 5.91 Å². The monoisotopic (exact) mass is 399 g/mol. The van der Waals surface area contributed by atoms with Crippen LogP contribution in [0.4, 0.5) is 5.69 Å². The number of hydrogen-bond acceptors (Lipinski definition) is 5. The molecule has 1 N–H and O–H groups in total. The molecule has 0 bridgehead atoms. The molecule has 0 aliphatic rings. The van der Waals surface area contributed by atoms with E-state index in [0.717, 1.165) is 16.7 Å². The van der Waals surface area contributed by atoms with E-state index in [1.165, 1.54) is 4.80 Å². The van der Waals surface area contributed by atoms with Crippen molar-refractivity contribution in [3.8, 4) is 17.1 Å². The van der Waals surface area contributed by atoms with Gasteiger partial charge in [-0.25, -0.2) is 0 Å². The molecule has 0 saturated carbocycles. The lowest BCUT2D eigenvalue weighted by molar-refractivity contribution is -0.118. The molecule has 0 fully saturated rings. The number of ether oxygens (including phenoxy) is 1. The van der Waals surface area contributed by atoms with Crippen LogP contribution in [0.3, 0.4) is 0 Å². The van der Waals surface area contributed by atoms with E-state index in [4.69, 9.17) is 4.74 Å². The van der Waals surface area contributed by atoms with Gasteiger partial charge in [-0.15, -0.1) is 15.0 Å². The minimum absolute atomic E-state index is 0.250. The fraction of sp³-hybridized carbons (Fsp3) is 0.130. The van der Waals surface area contributed by atoms with Crippen molar-refractivity contribution >= 4 is 11.6 Å². The van der Waals surface area contributed by atoms with Crippen molar-refractivity contribution in [1.29, 1.82) is 0 Å². The molecule has 1 amide bonds. The smallest absolute Gasteiger partial charge is 0.255 e. The number of aryl methyl sites for hydroxylation is 1. The molecule has 4 aromatic rings. The second-order valence-corrected chi connectivity index (χ2v) is 6.83. The number of hydrogen-bond donors (Lipinski definition) is 1. The van der Waals surface area contributed by atoms with Crippen LogP contribution in [0.25, 0.3) is 11.4 Å². The number of nitrogens with zero attached hydrogens (tertiary/aromatic N) is 4. The molecule has 1 heterocycles. The summed E-state index contributed by atoms with van der Waals surface area (Å²) < 4.78 is 5.27. The Morgan fingerprint density at radius 1 is 1.00 bits per heavy atom. The third kappa shape index (κ3) is 4.20. The van der Waals surface area contributed by atoms with Gasteiger partial charge in [0.1, 0.15) is 5.75 Å². The normalized spacial score (nSPS) is 11.7. The highest BCUT2D eigenvalue weighted by Gasteiger charge is 2.26. The van der Waals surface area contributed by atoms with Crippen molar-refractivity contribution < 1.29 is 9.53 Å². The van der Waals surface area contributed by atoms with E-state index in [1.54, 1.807) is 7.11 Å². The fourth-order valence-electron chi connectivity index (χ4n) is 3.08. The summed E-state index contributed by atoms with van der Waals surface area (Å²) in [5.74, 6) is 0.859. The third-order valence-corrected chi connectivity index (χ3v) is 4.67. The minimum Gasteiger partial charge on any atom is -0.497 e. The highest BCUT2D eigenvalue weighted by Crippen LogP contribution is 2.23. The minimum atomic E-state index is -0.764. The summed E-state index contributed by atoms with van der Waals surface area (Å²) in [5.41, 5.74) is 3.34. The lowest BCUT2D eigenvalue weighted by atomic mass is 10.1. The highest BCUT2D eigenvalue weighted by atomic mass is 16.5. The Morgan fingerprint density at radius 3 is 2.50 bits per heavy atom. The van der Waals surface area contributed by atoms with Crippen LogP contribution >= 0.6 is 0 Å². The molecule has 30 heavy (non-hydrogen) atoms. The van der Waals surface area contributed by atoms with Crippen LogP contribution in [0.15, 0.2) is 78.9 Å². The summed E-state index contributed by atoms with van der Waals surface area (Å²) >= 11 is 0. The molecule has 7 nitrogen and oxygen atoms in total. The number of rotatable bonds is 6. The number of carbonyl (C=O) groups is 1. The van der Waals surface area contributed by atoms with Crippen molar-refractivity contribution in [3.05, 3.63) is 90.0 Å². The molecular formula is C23H21N5O2. The molecule has 150 valence electrons. The molecule has 1 unspecified atom stereocenters. The van der Waals surface area contributed by atoms with Crippen molar-refractivity contribution in [2.24, 2.45) is 0 Å². The lowest BCUT2D eigenvalue weighted by Crippen LogP contribution is -2.28. The Hall–Kier alpha value is -4.00. The molecular weight excluding hydrogens is 378 g/mol. The second-order valence-electron chi connectivity index (χ2n) is 6.83. The first-order chi connectivity index (χ1) is 14.6. The van der Waals surface area contributed by atoms with Gasteiger partial charge < -0.3 is 10.1 Å². The number of anilines is 1. The SMILES string of the molecule is COc1cccc(-c2nnn(C(C(=O)Nc3ccc(C)cc3)c3ccccc3)n2)c1. The maximum Gasteiger partial charge on any atom is 0.255 e. The zero-order chi connectivity index (χ0) is 20.9. The molecule has 1 atom stereocenters. The largest absolute Gasteiger partial charge is 0.497 e. The number of nitrogens with one attached hydrogen (secondary N) is 1. The average Bonchev–Trinajstić information content (AvgIpc) is 3.26. The van der Waals surface area contributed by atoms with Crippen LogP contribution in [0.5, 0.6) is 5.75 Å². The van der Waals surface area contributed by atoms with Crippen molar-refractivity contribution in [1.82, 2.24) is 20.2 Å². The van der Waals surface area contributed by atoms with E-state index in [2.05, 4.69) is 20.7 Å². The van der Waals surface area contributed by atoms with Crippen LogP contribution in [-0.4, -0.2) is 33.2 Å². The van der Waals surface area contributed by atoms with Crippen molar-refractivity contribution in [2.45, 2.75) is 13.0 Å². The number of amides is 1. The maximum absolute atomic E-state index is 13.2. The summed E-state index contributed by atoms with van der Waals surface area (Å²) in [6.45, 7) is 2.00. The molecule has 4 rings (SSSR count). The maximum atomic E-state index is 13.2. The fourth-order valence-corrected chi connectivity index (χ4v) is 3.08. The van der Waals surface area contributed by atoms with Gasteiger partial charge in [-0.3, -0.25) is 4.79 Å². The van der Waals surface area contributed by atoms with Crippen LogP contribution in [0, 0.1) is 6.92 Å². The molecule has 0 saturated heterocycles. The Morgan fingerprint density at radius 2 is 1.77 bits per heavy atom. The predicted molar refractivity (Wildman–Crippen MR) is 114 cm³/mol. The van der Waals surface area contributed by atoms with Gasteiger partial charge >= 0.3 is 0 Å². The van der Waals surface area contributed by atoms with Crippen LogP contribution in [0.2, 0.25) is 0 Å². The van der Waals surface area contributed by atoms with Crippen LogP contribution < -0.4 is 10.1 Å². The van der Waals surface area contributed by atoms with Gasteiger partial charge in [0.05, 0.1) is 7.11 Å². The standard InChI is InChI=1S/C23H21N5O2/c1-16-11-13-19(14-12-16)24-23(29)21(17-7-4-3-5-8-17)28-26-22(25-27-28)18-9-6-10-20(15-18)30-2/h3-15,21H,1-2H3,(H,24,29). The quantitative estimate of drug-likeness (QED) is 0.532. The molecule has 0 radical (unpaired) electrons. The zero-order valence-corrected chi connectivity index (χ0v) is 16.7. The Kier molecular flexibility index (Phi) is 5.52. The molecule has 7 heteroatoms. The second kappa shape index (κ2) is 8.57. The number of carbonyl (C=O) groups excluding carboxylic acids is 1. The van der Waals surface area contributed by atoms with E-state index in [-0.39, 0.29) is 5.91 Å². The topological polar surface area (TPSA) is 81.9 Å². The number of tetrazole rings is 1. The van der Waals surface area contributed by atoms with E-state index in [9.17, 15) is 4.79 Å². The third-order valence-electron chi connectivity index (χ3n) is 4.67. The van der Waals surface area contributed by atoms with Crippen LogP contribution in [0.1, 0.15) is 17.2 Å². The lowest BCUT2D eigenvalue weighted by Gasteiger charge is -2.16. The van der Waals surface area contributed by atoms with Crippen molar-refractivity contribution in [3.63, 3.8) is 0 Å². The average molecular weight is 399 g/mol. The summed E-state index contributed by atoms with van der Waals surface area (Å²) in [5, 5.41) is 15.8. The summed E-state index contributed by atoms with van der Waals surface area (Å²) in [7, 11) is 1.60. The van der Waals surface area contributed by atoms with Crippen LogP contribution in [-0.2, 0) is 4.79 Å². The summed E-state index contributed by atoms with van der Waals surface area (Å²) in [4.78, 5) is 14.5. The Bertz CT molecular complexity index is 1140. The van der Waals surface area contributed by atoms with Gasteiger partial charge in [-0.1, -0.05) is 60.2 Å². The van der Waals surface area contributed by atoms with E-state index in [1.807, 2.05) is 85.8 Å². The molecule has 0 aliphatic carbocycles. The molecule has 0 aliphatic heterocycles. The van der Waals surface area contributed by atoms with Gasteiger partial charge in [0.15, 0.2) is 6.04 Å². The van der Waals surface area contributed by atoms with E-state index < -0.39 is 6.04 Å². The number of benzene rings is 3. The van der Waals surface area contributed by atoms with E-state index >= 15 is 0 Å². The van der Waals surface area contributed by atoms with Gasteiger partial charge in [-0.2, -0.15) is 0 Å². The first kappa shape index (κ1) is 19.3. The zero-order valence-electron chi connectivity index (χ0n) is 16.7. The molecule has 1 aromatic heterocycles. The number of methoxy groups -OCH3 is 1. The van der Waals surface area contributed by atoms with Gasteiger partial charge in [-0.05, 0) is 42.0 Å². The summed E-state index contributed by atoms with van der Waals surface area (Å²) in [6, 6.07) is 23.6. The molecule has 0 spiro atoms.